The Balaban J connectivity index is 0.000000605. The van der Waals surface area contributed by atoms with Crippen LogP contribution in [-0.4, -0.2) is 13.1 Å². The molecule has 0 aromatic carbocycles. The average molecular weight is 324 g/mol. The summed E-state index contributed by atoms with van der Waals surface area (Å²) < 4.78 is 0. The smallest absolute Gasteiger partial charge is 0 e. The van der Waals surface area contributed by atoms with Gasteiger partial charge in [0.15, 0.2) is 0 Å². The van der Waals surface area contributed by atoms with Gasteiger partial charge in [0.1, 0.15) is 0 Å². The van der Waals surface area contributed by atoms with E-state index in [1.807, 2.05) is 0 Å². The Morgan fingerprint density at radius 2 is 1.73 bits per heavy atom. The standard InChI is InChI=1S/C9H16N.Re/c1-8-2-4-9(5-3-8)6-10-7-9;/h8H,2-7H2,1H3;/q-1;. The van der Waals surface area contributed by atoms with Gasteiger partial charge in [0.25, 0.3) is 0 Å². The van der Waals surface area contributed by atoms with Gasteiger partial charge in [0, 0.05) is 20.4 Å². The van der Waals surface area contributed by atoms with Crippen LogP contribution < -0.4 is 0 Å². The maximum absolute atomic E-state index is 4.32. The molecule has 2 fully saturated rings. The van der Waals surface area contributed by atoms with E-state index in [0.717, 1.165) is 5.92 Å². The Labute approximate surface area is 83.0 Å². The van der Waals surface area contributed by atoms with Crippen LogP contribution >= 0.6 is 0 Å². The second-order valence-corrected chi connectivity index (χ2v) is 4.22. The zero-order valence-corrected chi connectivity index (χ0v) is 9.86. The maximum Gasteiger partial charge on any atom is 0 e. The van der Waals surface area contributed by atoms with Gasteiger partial charge in [-0.25, -0.2) is 0 Å². The molecule has 1 nitrogen and oxygen atoms in total. The van der Waals surface area contributed by atoms with E-state index in [0.29, 0.717) is 5.41 Å². The zero-order chi connectivity index (χ0) is 7.03. The van der Waals surface area contributed by atoms with Gasteiger partial charge in [-0.05, 0) is 5.92 Å². The minimum absolute atomic E-state index is 0. The molecule has 2 heteroatoms. The predicted molar refractivity (Wildman–Crippen MR) is 43.2 cm³/mol. The van der Waals surface area contributed by atoms with Crippen LogP contribution in [0.5, 0.6) is 0 Å². The minimum atomic E-state index is 0. The van der Waals surface area contributed by atoms with Crippen molar-refractivity contribution in [2.75, 3.05) is 13.1 Å². The molecule has 1 saturated heterocycles. The second kappa shape index (κ2) is 3.56. The topological polar surface area (TPSA) is 14.1 Å². The molecule has 1 heterocycles. The summed E-state index contributed by atoms with van der Waals surface area (Å²) in [4.78, 5) is 0. The van der Waals surface area contributed by atoms with Gasteiger partial charge >= 0.3 is 0 Å². The van der Waals surface area contributed by atoms with Crippen LogP contribution in [0.25, 0.3) is 5.32 Å². The summed E-state index contributed by atoms with van der Waals surface area (Å²) in [5.74, 6) is 0.992. The summed E-state index contributed by atoms with van der Waals surface area (Å²) >= 11 is 0. The van der Waals surface area contributed by atoms with Gasteiger partial charge in [-0.3, -0.25) is 0 Å². The first-order chi connectivity index (χ1) is 4.81. The molecule has 0 unspecified atom stereocenters. The molecule has 11 heavy (non-hydrogen) atoms. The van der Waals surface area contributed by atoms with Gasteiger partial charge in [0.05, 0.1) is 0 Å². The normalized spacial score (nSPS) is 29.2. The monoisotopic (exact) mass is 325 g/mol. The summed E-state index contributed by atoms with van der Waals surface area (Å²) in [5.41, 5.74) is 0.715. The van der Waals surface area contributed by atoms with E-state index in [2.05, 4.69) is 12.2 Å². The number of rotatable bonds is 0. The fraction of sp³-hybridized carbons (Fsp3) is 1.00. The van der Waals surface area contributed by atoms with Crippen molar-refractivity contribution in [1.29, 1.82) is 0 Å². The van der Waals surface area contributed by atoms with Crippen LogP contribution in [0.2, 0.25) is 0 Å². The van der Waals surface area contributed by atoms with Crippen LogP contribution in [0.15, 0.2) is 0 Å². The average Bonchev–Trinajstić information content (AvgIpc) is 1.86. The molecular formula is C9H16NRe-. The molecule has 65 valence electrons. The molecule has 2 rings (SSSR count). The van der Waals surface area contributed by atoms with Crippen LogP contribution in [0, 0.1) is 11.3 Å². The van der Waals surface area contributed by atoms with Crippen molar-refractivity contribution in [1.82, 2.24) is 0 Å². The quantitative estimate of drug-likeness (QED) is 0.650. The van der Waals surface area contributed by atoms with Gasteiger partial charge in [0.2, 0.25) is 0 Å². The molecule has 1 aliphatic heterocycles. The molecule has 0 amide bonds. The van der Waals surface area contributed by atoms with Crippen molar-refractivity contribution in [3.63, 3.8) is 0 Å². The van der Waals surface area contributed by atoms with Crippen molar-refractivity contribution >= 4 is 0 Å². The summed E-state index contributed by atoms with van der Waals surface area (Å²) in [6, 6.07) is 0. The summed E-state index contributed by atoms with van der Waals surface area (Å²) in [7, 11) is 0. The molecule has 0 atom stereocenters. The number of hydrogen-bond acceptors (Lipinski definition) is 0. The Morgan fingerprint density at radius 3 is 2.09 bits per heavy atom. The molecule has 0 bridgehead atoms. The van der Waals surface area contributed by atoms with Crippen molar-refractivity contribution < 1.29 is 20.4 Å². The van der Waals surface area contributed by atoms with Crippen molar-refractivity contribution in [2.45, 2.75) is 32.6 Å². The molecule has 1 spiro atoms. The van der Waals surface area contributed by atoms with E-state index < -0.39 is 0 Å². The molecule has 0 N–H and O–H groups in total. The molecule has 1 saturated carbocycles. The molecule has 1 radical (unpaired) electrons. The van der Waals surface area contributed by atoms with Gasteiger partial charge in [-0.1, -0.05) is 38.0 Å². The fourth-order valence-electron chi connectivity index (χ4n) is 2.12. The van der Waals surface area contributed by atoms with E-state index in [-0.39, 0.29) is 20.4 Å². The van der Waals surface area contributed by atoms with E-state index in [9.17, 15) is 0 Å². The fourth-order valence-corrected chi connectivity index (χ4v) is 2.12. The van der Waals surface area contributed by atoms with Crippen LogP contribution in [0.3, 0.4) is 0 Å². The van der Waals surface area contributed by atoms with Crippen molar-refractivity contribution in [3.8, 4) is 0 Å². The largest absolute Gasteiger partial charge is 0.661 e. The summed E-state index contributed by atoms with van der Waals surface area (Å²) in [5, 5.41) is 4.32. The third-order valence-electron chi connectivity index (χ3n) is 3.23. The van der Waals surface area contributed by atoms with Gasteiger partial charge < -0.3 is 5.32 Å². The molecule has 0 aromatic heterocycles. The predicted octanol–water partition coefficient (Wildman–Crippen LogP) is 2.57. The van der Waals surface area contributed by atoms with E-state index >= 15 is 0 Å². The van der Waals surface area contributed by atoms with Crippen LogP contribution in [-0.2, 0) is 20.4 Å². The SMILES string of the molecule is CC1CCC2(CC1)C[N-]C2.[Re]. The second-order valence-electron chi connectivity index (χ2n) is 4.22. The van der Waals surface area contributed by atoms with Crippen LogP contribution in [0.1, 0.15) is 32.6 Å². The third kappa shape index (κ3) is 1.86. The molecule has 0 aromatic rings. The van der Waals surface area contributed by atoms with Crippen molar-refractivity contribution in [2.24, 2.45) is 11.3 Å². The first-order valence-corrected chi connectivity index (χ1v) is 4.44. The Kier molecular flexibility index (Phi) is 3.14. The Bertz CT molecular complexity index is 122. The first kappa shape index (κ1) is 9.71. The molecule has 2 aliphatic rings. The molecule has 1 aliphatic carbocycles. The number of nitrogens with zero attached hydrogens (tertiary/aromatic N) is 1. The maximum atomic E-state index is 4.32. The number of hydrogen-bond donors (Lipinski definition) is 0. The van der Waals surface area contributed by atoms with E-state index in [1.165, 1.54) is 38.8 Å². The summed E-state index contributed by atoms with van der Waals surface area (Å²) in [6.07, 6.45) is 5.82. The van der Waals surface area contributed by atoms with Crippen molar-refractivity contribution in [3.05, 3.63) is 5.32 Å². The third-order valence-corrected chi connectivity index (χ3v) is 3.23. The van der Waals surface area contributed by atoms with E-state index in [4.69, 9.17) is 0 Å². The van der Waals surface area contributed by atoms with Gasteiger partial charge in [-0.15, -0.1) is 13.1 Å². The Morgan fingerprint density at radius 1 is 1.18 bits per heavy atom. The van der Waals surface area contributed by atoms with Crippen LogP contribution in [0.4, 0.5) is 0 Å². The Hall–Kier alpha value is 0.622. The van der Waals surface area contributed by atoms with Gasteiger partial charge in [-0.2, -0.15) is 0 Å². The summed E-state index contributed by atoms with van der Waals surface area (Å²) in [6.45, 7) is 4.74. The first-order valence-electron chi connectivity index (χ1n) is 4.44. The van der Waals surface area contributed by atoms with E-state index in [1.54, 1.807) is 0 Å². The zero-order valence-electron chi connectivity index (χ0n) is 7.15. The minimum Gasteiger partial charge on any atom is -0.661 e. The molecular weight excluding hydrogens is 308 g/mol.